The Kier molecular flexibility index (Phi) is 2.09. The van der Waals surface area contributed by atoms with Crippen LogP contribution in [-0.2, 0) is 0 Å². The van der Waals surface area contributed by atoms with E-state index in [2.05, 4.69) is 36.1 Å². The van der Waals surface area contributed by atoms with Crippen LogP contribution in [0.1, 0.15) is 24.6 Å². The standard InChI is InChI=1S/C6H9N7O/c1-3(5-9-12-13-10-5)7-6-8-4(2)11-14-6/h3H,1-2H3,(H,7,8,11)(H,9,10,12,13). The van der Waals surface area contributed by atoms with E-state index in [1.807, 2.05) is 6.92 Å². The van der Waals surface area contributed by atoms with E-state index in [-0.39, 0.29) is 6.04 Å². The van der Waals surface area contributed by atoms with Crippen molar-refractivity contribution in [3.8, 4) is 0 Å². The summed E-state index contributed by atoms with van der Waals surface area (Å²) in [7, 11) is 0. The van der Waals surface area contributed by atoms with Gasteiger partial charge in [0.15, 0.2) is 11.6 Å². The number of tetrazole rings is 1. The Hall–Kier alpha value is -1.99. The van der Waals surface area contributed by atoms with Gasteiger partial charge in [0.1, 0.15) is 0 Å². The Bertz CT molecular complexity index is 394. The number of aryl methyl sites for hydroxylation is 1. The first kappa shape index (κ1) is 8.60. The van der Waals surface area contributed by atoms with Crippen molar-refractivity contribution in [1.29, 1.82) is 0 Å². The van der Waals surface area contributed by atoms with E-state index < -0.39 is 0 Å². The largest absolute Gasteiger partial charge is 0.328 e. The van der Waals surface area contributed by atoms with Gasteiger partial charge in [-0.1, -0.05) is 10.4 Å². The minimum absolute atomic E-state index is 0.131. The quantitative estimate of drug-likeness (QED) is 0.713. The van der Waals surface area contributed by atoms with Gasteiger partial charge in [0.2, 0.25) is 0 Å². The third-order valence-electron chi connectivity index (χ3n) is 1.62. The Morgan fingerprint density at radius 1 is 1.50 bits per heavy atom. The van der Waals surface area contributed by atoms with Gasteiger partial charge in [-0.2, -0.15) is 10.2 Å². The summed E-state index contributed by atoms with van der Waals surface area (Å²) in [6, 6.07) is 0.216. The van der Waals surface area contributed by atoms with Crippen molar-refractivity contribution in [3.05, 3.63) is 11.6 Å². The van der Waals surface area contributed by atoms with E-state index in [0.29, 0.717) is 17.7 Å². The van der Waals surface area contributed by atoms with Gasteiger partial charge in [-0.05, 0) is 13.8 Å². The van der Waals surface area contributed by atoms with E-state index in [0.717, 1.165) is 0 Å². The molecule has 14 heavy (non-hydrogen) atoms. The molecular weight excluding hydrogens is 186 g/mol. The molecule has 0 aliphatic carbocycles. The second-order valence-corrected chi connectivity index (χ2v) is 2.78. The fourth-order valence-electron chi connectivity index (χ4n) is 0.958. The van der Waals surface area contributed by atoms with Gasteiger partial charge in [0.05, 0.1) is 6.04 Å². The summed E-state index contributed by atoms with van der Waals surface area (Å²) >= 11 is 0. The third-order valence-corrected chi connectivity index (χ3v) is 1.62. The maximum atomic E-state index is 4.87. The molecule has 0 saturated carbocycles. The topological polar surface area (TPSA) is 105 Å². The number of nitrogens with one attached hydrogen (secondary N) is 2. The van der Waals surface area contributed by atoms with Crippen LogP contribution in [0.5, 0.6) is 0 Å². The lowest BCUT2D eigenvalue weighted by atomic mass is 10.3. The van der Waals surface area contributed by atoms with Crippen molar-refractivity contribution in [3.63, 3.8) is 0 Å². The predicted molar refractivity (Wildman–Crippen MR) is 45.3 cm³/mol. The molecule has 1 unspecified atom stereocenters. The molecule has 2 heterocycles. The highest BCUT2D eigenvalue weighted by molar-refractivity contribution is 5.21. The molecule has 2 aromatic heterocycles. The zero-order valence-electron chi connectivity index (χ0n) is 7.72. The van der Waals surface area contributed by atoms with Crippen molar-refractivity contribution >= 4 is 6.01 Å². The normalized spacial score (nSPS) is 12.7. The molecule has 0 aliphatic rings. The third kappa shape index (κ3) is 1.68. The SMILES string of the molecule is Cc1noc(NC(C)c2nn[nH]n2)n1. The highest BCUT2D eigenvalue weighted by Gasteiger charge is 2.12. The number of H-pyrrole nitrogens is 1. The molecule has 0 spiro atoms. The number of rotatable bonds is 3. The Labute approximate surface area is 79.1 Å². The molecule has 0 saturated heterocycles. The van der Waals surface area contributed by atoms with Crippen LogP contribution in [0.3, 0.4) is 0 Å². The van der Waals surface area contributed by atoms with Gasteiger partial charge in [-0.25, -0.2) is 0 Å². The number of hydrogen-bond acceptors (Lipinski definition) is 7. The van der Waals surface area contributed by atoms with Gasteiger partial charge < -0.3 is 9.84 Å². The summed E-state index contributed by atoms with van der Waals surface area (Å²) < 4.78 is 4.87. The van der Waals surface area contributed by atoms with Crippen LogP contribution >= 0.6 is 0 Å². The van der Waals surface area contributed by atoms with E-state index in [1.165, 1.54) is 0 Å². The van der Waals surface area contributed by atoms with Gasteiger partial charge >= 0.3 is 6.01 Å². The predicted octanol–water partition coefficient (Wildman–Crippen LogP) is 0.0642. The van der Waals surface area contributed by atoms with Gasteiger partial charge in [0.25, 0.3) is 0 Å². The Morgan fingerprint density at radius 2 is 2.36 bits per heavy atom. The smallest absolute Gasteiger partial charge is 0.322 e. The van der Waals surface area contributed by atoms with E-state index in [4.69, 9.17) is 4.52 Å². The molecule has 8 nitrogen and oxygen atoms in total. The lowest BCUT2D eigenvalue weighted by Crippen LogP contribution is -2.08. The van der Waals surface area contributed by atoms with Crippen LogP contribution < -0.4 is 5.32 Å². The van der Waals surface area contributed by atoms with Gasteiger partial charge in [-0.15, -0.1) is 10.2 Å². The molecule has 0 aliphatic heterocycles. The highest BCUT2D eigenvalue weighted by Crippen LogP contribution is 2.12. The first-order chi connectivity index (χ1) is 6.75. The molecule has 0 radical (unpaired) electrons. The first-order valence-electron chi connectivity index (χ1n) is 4.06. The molecular formula is C6H9N7O. The summed E-state index contributed by atoms with van der Waals surface area (Å²) in [5.74, 6) is 1.12. The van der Waals surface area contributed by atoms with Crippen LogP contribution in [-0.4, -0.2) is 30.8 Å². The lowest BCUT2D eigenvalue weighted by molar-refractivity contribution is 0.422. The monoisotopic (exact) mass is 195 g/mol. The second-order valence-electron chi connectivity index (χ2n) is 2.78. The number of nitrogens with zero attached hydrogens (tertiary/aromatic N) is 5. The average Bonchev–Trinajstić information content (AvgIpc) is 2.75. The minimum atomic E-state index is -0.131. The molecule has 8 heteroatoms. The summed E-state index contributed by atoms with van der Waals surface area (Å²) in [4.78, 5) is 3.99. The molecule has 0 aromatic carbocycles. The van der Waals surface area contributed by atoms with Crippen LogP contribution in [0.4, 0.5) is 6.01 Å². The lowest BCUT2D eigenvalue weighted by Gasteiger charge is -2.04. The van der Waals surface area contributed by atoms with Crippen molar-refractivity contribution in [2.75, 3.05) is 5.32 Å². The van der Waals surface area contributed by atoms with Crippen molar-refractivity contribution in [2.24, 2.45) is 0 Å². The number of aromatic nitrogens is 6. The van der Waals surface area contributed by atoms with E-state index in [1.54, 1.807) is 6.92 Å². The molecule has 2 aromatic rings. The fraction of sp³-hybridized carbons (Fsp3) is 0.500. The van der Waals surface area contributed by atoms with Gasteiger partial charge in [0, 0.05) is 0 Å². The van der Waals surface area contributed by atoms with Crippen LogP contribution in [0.2, 0.25) is 0 Å². The summed E-state index contributed by atoms with van der Waals surface area (Å²) in [6.45, 7) is 3.61. The Morgan fingerprint density at radius 3 is 2.93 bits per heavy atom. The van der Waals surface area contributed by atoms with Crippen molar-refractivity contribution in [2.45, 2.75) is 19.9 Å². The van der Waals surface area contributed by atoms with Crippen LogP contribution in [0, 0.1) is 6.92 Å². The molecule has 74 valence electrons. The van der Waals surface area contributed by atoms with E-state index >= 15 is 0 Å². The summed E-state index contributed by atoms with van der Waals surface area (Å²) in [6.07, 6.45) is 0. The molecule has 0 amide bonds. The zero-order valence-corrected chi connectivity index (χ0v) is 7.72. The number of hydrogen-bond donors (Lipinski definition) is 2. The fourth-order valence-corrected chi connectivity index (χ4v) is 0.958. The minimum Gasteiger partial charge on any atom is -0.328 e. The average molecular weight is 195 g/mol. The first-order valence-corrected chi connectivity index (χ1v) is 4.06. The highest BCUT2D eigenvalue weighted by atomic mass is 16.5. The van der Waals surface area contributed by atoms with Crippen molar-refractivity contribution < 1.29 is 4.52 Å². The maximum Gasteiger partial charge on any atom is 0.322 e. The molecule has 2 N–H and O–H groups in total. The number of aromatic amines is 1. The Balaban J connectivity index is 2.05. The number of anilines is 1. The molecule has 0 fully saturated rings. The second kappa shape index (κ2) is 3.40. The maximum absolute atomic E-state index is 4.87. The van der Waals surface area contributed by atoms with Crippen molar-refractivity contribution in [1.82, 2.24) is 30.8 Å². The molecule has 1 atom stereocenters. The van der Waals surface area contributed by atoms with E-state index in [9.17, 15) is 0 Å². The zero-order chi connectivity index (χ0) is 9.97. The molecule has 2 rings (SSSR count). The van der Waals surface area contributed by atoms with Crippen LogP contribution in [0.25, 0.3) is 0 Å². The van der Waals surface area contributed by atoms with Gasteiger partial charge in [-0.3, -0.25) is 0 Å². The molecule has 0 bridgehead atoms. The summed E-state index contributed by atoms with van der Waals surface area (Å²) in [5.41, 5.74) is 0. The van der Waals surface area contributed by atoms with Crippen LogP contribution in [0.15, 0.2) is 4.52 Å². The summed E-state index contributed by atoms with van der Waals surface area (Å²) in [5, 5.41) is 20.0.